The molecular weight excluding hydrogens is 456 g/mol. The second-order valence-electron chi connectivity index (χ2n) is 7.37. The van der Waals surface area contributed by atoms with Crippen LogP contribution in [0.3, 0.4) is 0 Å². The fourth-order valence-electron chi connectivity index (χ4n) is 3.30. The standard InChI is InChI=1S/C25H21ClN4O2S/c1-16-7-3-6-10-22(16)30-24(32)20-8-4-5-9-21(20)27-25(30)33-15-23(31)29-28-17(2)18-11-13-19(26)14-12-18/h3-14H,15H2,1-2H3,(H,29,31). The summed E-state index contributed by atoms with van der Waals surface area (Å²) in [5, 5.41) is 5.78. The first-order valence-corrected chi connectivity index (χ1v) is 11.6. The Kier molecular flexibility index (Phi) is 6.91. The van der Waals surface area contributed by atoms with E-state index in [-0.39, 0.29) is 17.2 Å². The number of carbonyl (C=O) groups excluding carboxylic acids is 1. The first-order chi connectivity index (χ1) is 15.9. The third-order valence-corrected chi connectivity index (χ3v) is 6.23. The summed E-state index contributed by atoms with van der Waals surface area (Å²) in [6, 6.07) is 22.0. The van der Waals surface area contributed by atoms with Crippen LogP contribution in [-0.2, 0) is 4.79 Å². The molecule has 3 aromatic carbocycles. The zero-order valence-corrected chi connectivity index (χ0v) is 19.7. The molecule has 0 aliphatic rings. The molecule has 8 heteroatoms. The number of aryl methyl sites for hydroxylation is 1. The number of para-hydroxylation sites is 2. The highest BCUT2D eigenvalue weighted by Crippen LogP contribution is 2.23. The Morgan fingerprint density at radius 1 is 1.06 bits per heavy atom. The van der Waals surface area contributed by atoms with Gasteiger partial charge in [0.25, 0.3) is 11.5 Å². The van der Waals surface area contributed by atoms with Gasteiger partial charge in [-0.1, -0.05) is 65.8 Å². The summed E-state index contributed by atoms with van der Waals surface area (Å²) in [7, 11) is 0. The van der Waals surface area contributed by atoms with Gasteiger partial charge in [0.15, 0.2) is 5.16 Å². The molecule has 0 unspecified atom stereocenters. The van der Waals surface area contributed by atoms with E-state index < -0.39 is 0 Å². The Balaban J connectivity index is 1.59. The van der Waals surface area contributed by atoms with E-state index >= 15 is 0 Å². The summed E-state index contributed by atoms with van der Waals surface area (Å²) in [4.78, 5) is 30.5. The Labute approximate surface area is 200 Å². The molecule has 0 fully saturated rings. The van der Waals surface area contributed by atoms with E-state index in [0.717, 1.165) is 16.8 Å². The lowest BCUT2D eigenvalue weighted by Gasteiger charge is -2.14. The van der Waals surface area contributed by atoms with E-state index in [4.69, 9.17) is 11.6 Å². The van der Waals surface area contributed by atoms with E-state index in [1.165, 1.54) is 11.8 Å². The Morgan fingerprint density at radius 3 is 2.52 bits per heavy atom. The first kappa shape index (κ1) is 22.8. The number of nitrogens with zero attached hydrogens (tertiary/aromatic N) is 3. The number of carbonyl (C=O) groups is 1. The number of hydrogen-bond donors (Lipinski definition) is 1. The van der Waals surface area contributed by atoms with Gasteiger partial charge in [-0.15, -0.1) is 0 Å². The summed E-state index contributed by atoms with van der Waals surface area (Å²) in [6.45, 7) is 3.74. The molecule has 1 N–H and O–H groups in total. The largest absolute Gasteiger partial charge is 0.272 e. The van der Waals surface area contributed by atoms with E-state index in [2.05, 4.69) is 15.5 Å². The number of hydrazone groups is 1. The van der Waals surface area contributed by atoms with Crippen molar-refractivity contribution in [3.05, 3.63) is 99.3 Å². The fourth-order valence-corrected chi connectivity index (χ4v) is 4.22. The number of hydrogen-bond acceptors (Lipinski definition) is 5. The van der Waals surface area contributed by atoms with Crippen LogP contribution in [0.2, 0.25) is 5.02 Å². The van der Waals surface area contributed by atoms with Gasteiger partial charge in [0.1, 0.15) is 0 Å². The number of amides is 1. The average Bonchev–Trinajstić information content (AvgIpc) is 2.82. The van der Waals surface area contributed by atoms with E-state index in [1.807, 2.05) is 55.5 Å². The summed E-state index contributed by atoms with van der Waals surface area (Å²) in [6.07, 6.45) is 0. The lowest BCUT2D eigenvalue weighted by molar-refractivity contribution is -0.118. The van der Waals surface area contributed by atoms with Gasteiger partial charge in [0, 0.05) is 5.02 Å². The highest BCUT2D eigenvalue weighted by molar-refractivity contribution is 7.99. The molecule has 4 rings (SSSR count). The van der Waals surface area contributed by atoms with Gasteiger partial charge in [-0.25, -0.2) is 10.4 Å². The Morgan fingerprint density at radius 2 is 1.76 bits per heavy atom. The second kappa shape index (κ2) is 10.0. The van der Waals surface area contributed by atoms with Crippen molar-refractivity contribution in [2.45, 2.75) is 19.0 Å². The number of fused-ring (bicyclic) bond motifs is 1. The highest BCUT2D eigenvalue weighted by Gasteiger charge is 2.16. The zero-order valence-electron chi connectivity index (χ0n) is 18.1. The van der Waals surface area contributed by atoms with Crippen molar-refractivity contribution < 1.29 is 4.79 Å². The molecule has 33 heavy (non-hydrogen) atoms. The fraction of sp³-hybridized carbons (Fsp3) is 0.120. The van der Waals surface area contributed by atoms with E-state index in [9.17, 15) is 9.59 Å². The van der Waals surface area contributed by atoms with Crippen LogP contribution >= 0.6 is 23.4 Å². The maximum absolute atomic E-state index is 13.3. The number of aromatic nitrogens is 2. The predicted octanol–water partition coefficient (Wildman–Crippen LogP) is 4.98. The van der Waals surface area contributed by atoms with Crippen LogP contribution in [0.4, 0.5) is 0 Å². The molecule has 0 atom stereocenters. The summed E-state index contributed by atoms with van der Waals surface area (Å²) < 4.78 is 1.57. The monoisotopic (exact) mass is 476 g/mol. The van der Waals surface area contributed by atoms with Crippen LogP contribution in [0.5, 0.6) is 0 Å². The van der Waals surface area contributed by atoms with Crippen molar-refractivity contribution >= 4 is 45.9 Å². The molecule has 166 valence electrons. The van der Waals surface area contributed by atoms with Crippen LogP contribution in [0.1, 0.15) is 18.1 Å². The van der Waals surface area contributed by atoms with Crippen molar-refractivity contribution in [3.63, 3.8) is 0 Å². The maximum Gasteiger partial charge on any atom is 0.266 e. The minimum Gasteiger partial charge on any atom is -0.272 e. The third kappa shape index (κ3) is 5.16. The lowest BCUT2D eigenvalue weighted by atomic mass is 10.1. The van der Waals surface area contributed by atoms with Crippen molar-refractivity contribution in [1.82, 2.24) is 15.0 Å². The van der Waals surface area contributed by atoms with Crippen molar-refractivity contribution in [2.75, 3.05) is 5.75 Å². The number of rotatable bonds is 6. The molecule has 6 nitrogen and oxygen atoms in total. The van der Waals surface area contributed by atoms with Crippen LogP contribution in [0, 0.1) is 6.92 Å². The predicted molar refractivity (Wildman–Crippen MR) is 135 cm³/mol. The van der Waals surface area contributed by atoms with Gasteiger partial charge in [0.05, 0.1) is 28.1 Å². The molecule has 0 saturated carbocycles. The molecule has 0 aliphatic carbocycles. The highest BCUT2D eigenvalue weighted by atomic mass is 35.5. The number of nitrogens with one attached hydrogen (secondary N) is 1. The first-order valence-electron chi connectivity index (χ1n) is 10.2. The molecule has 1 aromatic heterocycles. The zero-order chi connectivity index (χ0) is 23.4. The van der Waals surface area contributed by atoms with Gasteiger partial charge in [-0.3, -0.25) is 14.2 Å². The van der Waals surface area contributed by atoms with Crippen molar-refractivity contribution in [3.8, 4) is 5.69 Å². The normalized spacial score (nSPS) is 11.5. The SMILES string of the molecule is CC(=NNC(=O)CSc1nc2ccccc2c(=O)n1-c1ccccc1C)c1ccc(Cl)cc1. The number of benzene rings is 3. The van der Waals surface area contributed by atoms with Gasteiger partial charge in [0.2, 0.25) is 0 Å². The summed E-state index contributed by atoms with van der Waals surface area (Å²) in [5.74, 6) is -0.249. The van der Waals surface area contributed by atoms with Crippen LogP contribution in [-0.4, -0.2) is 26.9 Å². The second-order valence-corrected chi connectivity index (χ2v) is 8.75. The summed E-state index contributed by atoms with van der Waals surface area (Å²) >= 11 is 7.11. The third-order valence-electron chi connectivity index (χ3n) is 5.04. The van der Waals surface area contributed by atoms with E-state index in [1.54, 1.807) is 35.8 Å². The number of thioether (sulfide) groups is 1. The smallest absolute Gasteiger partial charge is 0.266 e. The lowest BCUT2D eigenvalue weighted by Crippen LogP contribution is -2.25. The van der Waals surface area contributed by atoms with Crippen LogP contribution in [0.15, 0.2) is 87.8 Å². The molecule has 0 radical (unpaired) electrons. The van der Waals surface area contributed by atoms with Gasteiger partial charge in [-0.2, -0.15) is 5.10 Å². The summed E-state index contributed by atoms with van der Waals surface area (Å²) in [5.41, 5.74) is 6.17. The van der Waals surface area contributed by atoms with Gasteiger partial charge in [-0.05, 0) is 55.3 Å². The van der Waals surface area contributed by atoms with Gasteiger partial charge < -0.3 is 0 Å². The molecule has 1 amide bonds. The number of halogens is 1. The molecule has 0 aliphatic heterocycles. The Hall–Kier alpha value is -3.42. The topological polar surface area (TPSA) is 76.3 Å². The molecule has 1 heterocycles. The van der Waals surface area contributed by atoms with Crippen LogP contribution < -0.4 is 11.0 Å². The van der Waals surface area contributed by atoms with Gasteiger partial charge >= 0.3 is 0 Å². The maximum atomic E-state index is 13.3. The molecule has 0 saturated heterocycles. The minimum atomic E-state index is -0.299. The van der Waals surface area contributed by atoms with Crippen molar-refractivity contribution in [1.29, 1.82) is 0 Å². The minimum absolute atomic E-state index is 0.0497. The average molecular weight is 477 g/mol. The Bertz CT molecular complexity index is 1410. The molecule has 4 aromatic rings. The molecule has 0 spiro atoms. The van der Waals surface area contributed by atoms with Crippen molar-refractivity contribution in [2.24, 2.45) is 5.10 Å². The quantitative estimate of drug-likeness (QED) is 0.184. The molecular formula is C25H21ClN4O2S. The van der Waals surface area contributed by atoms with Crippen LogP contribution in [0.25, 0.3) is 16.6 Å². The van der Waals surface area contributed by atoms with E-state index in [0.29, 0.717) is 26.8 Å². The molecule has 0 bridgehead atoms.